The second-order valence-corrected chi connectivity index (χ2v) is 7.94. The van der Waals surface area contributed by atoms with Crippen molar-refractivity contribution in [1.29, 1.82) is 0 Å². The van der Waals surface area contributed by atoms with E-state index < -0.39 is 0 Å². The number of benzene rings is 1. The van der Waals surface area contributed by atoms with Crippen molar-refractivity contribution in [2.75, 3.05) is 5.75 Å². The van der Waals surface area contributed by atoms with Crippen molar-refractivity contribution in [2.24, 2.45) is 0 Å². The van der Waals surface area contributed by atoms with E-state index in [2.05, 4.69) is 60.0 Å². The molecule has 0 aliphatic carbocycles. The molecule has 0 bridgehead atoms. The minimum atomic E-state index is -0.0387. The molecule has 0 atom stereocenters. The lowest BCUT2D eigenvalue weighted by molar-refractivity contribution is -0.117. The number of nitrogens with one attached hydrogen (secondary N) is 1. The molecule has 136 valence electrons. The maximum absolute atomic E-state index is 12.2. The molecule has 2 aromatic rings. The van der Waals surface area contributed by atoms with Crippen LogP contribution in [-0.4, -0.2) is 16.6 Å². The number of amides is 1. The highest BCUT2D eigenvalue weighted by Gasteiger charge is 2.09. The number of hydrogen-bond donors (Lipinski definition) is 1. The fourth-order valence-electron chi connectivity index (χ4n) is 2.27. The summed E-state index contributed by atoms with van der Waals surface area (Å²) < 4.78 is 0. The minimum absolute atomic E-state index is 0.0387. The Bertz CT molecular complexity index is 832. The molecule has 0 aliphatic rings. The predicted molar refractivity (Wildman–Crippen MR) is 114 cm³/mol. The fraction of sp³-hybridized carbons (Fsp3) is 0.238. The Morgan fingerprint density at radius 2 is 2.00 bits per heavy atom. The van der Waals surface area contributed by atoms with E-state index in [0.29, 0.717) is 11.5 Å². The van der Waals surface area contributed by atoms with E-state index in [0.717, 1.165) is 33.1 Å². The SMILES string of the molecule is C=C/C(C)=C(/NC(=O)CSCc1csc(-c2ccc(C)cc2)n1)C(=C)C. The van der Waals surface area contributed by atoms with Gasteiger partial charge in [-0.2, -0.15) is 0 Å². The molecular formula is C21H24N2OS2. The number of carbonyl (C=O) groups excluding carboxylic acids is 1. The van der Waals surface area contributed by atoms with Crippen LogP contribution in [0.4, 0.5) is 0 Å². The summed E-state index contributed by atoms with van der Waals surface area (Å²) >= 11 is 3.19. The van der Waals surface area contributed by atoms with Crippen molar-refractivity contribution >= 4 is 29.0 Å². The summed E-state index contributed by atoms with van der Waals surface area (Å²) in [6.07, 6.45) is 1.72. The van der Waals surface area contributed by atoms with Crippen LogP contribution in [0.2, 0.25) is 0 Å². The third-order valence-electron chi connectivity index (χ3n) is 3.73. The number of nitrogens with zero attached hydrogens (tertiary/aromatic N) is 1. The van der Waals surface area contributed by atoms with Crippen molar-refractivity contribution in [3.63, 3.8) is 0 Å². The summed E-state index contributed by atoms with van der Waals surface area (Å²) in [5.41, 5.74) is 5.86. The first kappa shape index (κ1) is 20.2. The van der Waals surface area contributed by atoms with Gasteiger partial charge in [0, 0.05) is 22.4 Å². The van der Waals surface area contributed by atoms with Gasteiger partial charge in [-0.1, -0.05) is 49.1 Å². The van der Waals surface area contributed by atoms with Crippen LogP contribution in [-0.2, 0) is 10.5 Å². The monoisotopic (exact) mass is 384 g/mol. The highest BCUT2D eigenvalue weighted by Crippen LogP contribution is 2.25. The van der Waals surface area contributed by atoms with Gasteiger partial charge >= 0.3 is 0 Å². The van der Waals surface area contributed by atoms with E-state index in [4.69, 9.17) is 0 Å². The van der Waals surface area contributed by atoms with E-state index in [1.54, 1.807) is 29.2 Å². The van der Waals surface area contributed by atoms with Crippen LogP contribution < -0.4 is 5.32 Å². The quantitative estimate of drug-likeness (QED) is 0.611. The molecule has 3 nitrogen and oxygen atoms in total. The number of hydrogen-bond acceptors (Lipinski definition) is 4. The number of allylic oxidation sites excluding steroid dienone is 3. The van der Waals surface area contributed by atoms with Gasteiger partial charge in [-0.25, -0.2) is 4.98 Å². The van der Waals surface area contributed by atoms with Crippen molar-refractivity contribution in [3.05, 3.63) is 77.0 Å². The predicted octanol–water partition coefficient (Wildman–Crippen LogP) is 5.50. The average Bonchev–Trinajstić information content (AvgIpc) is 3.08. The van der Waals surface area contributed by atoms with Gasteiger partial charge < -0.3 is 5.32 Å². The molecule has 0 radical (unpaired) electrons. The Balaban J connectivity index is 1.88. The maximum Gasteiger partial charge on any atom is 0.234 e. The van der Waals surface area contributed by atoms with Crippen LogP contribution in [0.15, 0.2) is 65.7 Å². The second kappa shape index (κ2) is 9.55. The van der Waals surface area contributed by atoms with Gasteiger partial charge in [0.25, 0.3) is 0 Å². The van der Waals surface area contributed by atoms with Crippen LogP contribution >= 0.6 is 23.1 Å². The fourth-order valence-corrected chi connectivity index (χ4v) is 3.92. The summed E-state index contributed by atoms with van der Waals surface area (Å²) in [5, 5.41) is 5.99. The lowest BCUT2D eigenvalue weighted by Gasteiger charge is -2.11. The first-order valence-corrected chi connectivity index (χ1v) is 10.3. The molecule has 1 N–H and O–H groups in total. The van der Waals surface area contributed by atoms with Crippen LogP contribution in [0.25, 0.3) is 10.6 Å². The smallest absolute Gasteiger partial charge is 0.234 e. The first-order chi connectivity index (χ1) is 12.4. The van der Waals surface area contributed by atoms with Gasteiger partial charge in [0.15, 0.2) is 0 Å². The van der Waals surface area contributed by atoms with Crippen LogP contribution in [0, 0.1) is 6.92 Å². The molecule has 1 amide bonds. The highest BCUT2D eigenvalue weighted by atomic mass is 32.2. The standard InChI is InChI=1S/C21H24N2OS2/c1-6-16(5)20(14(2)3)23-19(24)13-25-11-18-12-26-21(22-18)17-9-7-15(4)8-10-17/h6-10,12H,1-2,11,13H2,3-5H3,(H,23,24)/b20-16+. The molecule has 1 aromatic heterocycles. The van der Waals surface area contributed by atoms with E-state index in [-0.39, 0.29) is 5.91 Å². The molecule has 2 rings (SSSR count). The lowest BCUT2D eigenvalue weighted by atomic mass is 10.1. The van der Waals surface area contributed by atoms with Gasteiger partial charge in [0.2, 0.25) is 5.91 Å². The molecule has 26 heavy (non-hydrogen) atoms. The Morgan fingerprint density at radius 3 is 2.62 bits per heavy atom. The van der Waals surface area contributed by atoms with Gasteiger partial charge in [-0.3, -0.25) is 4.79 Å². The van der Waals surface area contributed by atoms with Gasteiger partial charge in [-0.15, -0.1) is 23.1 Å². The Morgan fingerprint density at radius 1 is 1.31 bits per heavy atom. The molecule has 0 spiro atoms. The average molecular weight is 385 g/mol. The largest absolute Gasteiger partial charge is 0.325 e. The summed E-state index contributed by atoms with van der Waals surface area (Å²) in [7, 11) is 0. The zero-order valence-corrected chi connectivity index (χ0v) is 17.1. The Labute approximate surface area is 163 Å². The molecule has 0 saturated heterocycles. The molecule has 1 heterocycles. The Hall–Kier alpha value is -2.11. The number of carbonyl (C=O) groups is 1. The lowest BCUT2D eigenvalue weighted by Crippen LogP contribution is -2.26. The van der Waals surface area contributed by atoms with Crippen LogP contribution in [0.3, 0.4) is 0 Å². The number of aromatic nitrogens is 1. The van der Waals surface area contributed by atoms with E-state index in [1.807, 2.05) is 13.8 Å². The maximum atomic E-state index is 12.2. The topological polar surface area (TPSA) is 42.0 Å². The molecule has 0 fully saturated rings. The molecular weight excluding hydrogens is 360 g/mol. The van der Waals surface area contributed by atoms with Gasteiger partial charge in [-0.05, 0) is 31.9 Å². The number of rotatable bonds is 8. The van der Waals surface area contributed by atoms with Crippen LogP contribution in [0.5, 0.6) is 0 Å². The molecule has 0 aliphatic heterocycles. The molecule has 5 heteroatoms. The minimum Gasteiger partial charge on any atom is -0.325 e. The Kier molecular flexibility index (Phi) is 7.42. The number of aryl methyl sites for hydroxylation is 1. The highest BCUT2D eigenvalue weighted by molar-refractivity contribution is 7.99. The molecule has 1 aromatic carbocycles. The summed E-state index contributed by atoms with van der Waals surface area (Å²) in [6.45, 7) is 13.5. The van der Waals surface area contributed by atoms with Crippen molar-refractivity contribution in [1.82, 2.24) is 10.3 Å². The van der Waals surface area contributed by atoms with E-state index >= 15 is 0 Å². The number of thioether (sulfide) groups is 1. The first-order valence-electron chi connectivity index (χ1n) is 8.29. The van der Waals surface area contributed by atoms with Crippen molar-refractivity contribution in [2.45, 2.75) is 26.5 Å². The summed E-state index contributed by atoms with van der Waals surface area (Å²) in [6, 6.07) is 8.36. The zero-order valence-electron chi connectivity index (χ0n) is 15.5. The van der Waals surface area contributed by atoms with Gasteiger partial charge in [0.1, 0.15) is 5.01 Å². The zero-order chi connectivity index (χ0) is 19.1. The molecule has 0 unspecified atom stereocenters. The van der Waals surface area contributed by atoms with Crippen molar-refractivity contribution < 1.29 is 4.79 Å². The molecule has 0 saturated carbocycles. The van der Waals surface area contributed by atoms with Crippen molar-refractivity contribution in [3.8, 4) is 10.6 Å². The third kappa shape index (κ3) is 5.71. The van der Waals surface area contributed by atoms with Gasteiger partial charge in [0.05, 0.1) is 11.4 Å². The summed E-state index contributed by atoms with van der Waals surface area (Å²) in [4.78, 5) is 16.8. The van der Waals surface area contributed by atoms with Crippen LogP contribution in [0.1, 0.15) is 25.1 Å². The number of thiazole rings is 1. The third-order valence-corrected chi connectivity index (χ3v) is 5.63. The van der Waals surface area contributed by atoms with E-state index in [1.165, 1.54) is 5.56 Å². The van der Waals surface area contributed by atoms with E-state index in [9.17, 15) is 4.79 Å². The second-order valence-electron chi connectivity index (χ2n) is 6.09. The normalized spacial score (nSPS) is 11.7. The summed E-state index contributed by atoms with van der Waals surface area (Å²) in [5.74, 6) is 1.05.